The lowest BCUT2D eigenvalue weighted by Crippen LogP contribution is -2.08. The van der Waals surface area contributed by atoms with E-state index >= 15 is 0 Å². The van der Waals surface area contributed by atoms with E-state index in [9.17, 15) is 0 Å². The van der Waals surface area contributed by atoms with Crippen molar-refractivity contribution in [1.29, 1.82) is 0 Å². The summed E-state index contributed by atoms with van der Waals surface area (Å²) in [6.45, 7) is 6.51. The second-order valence-electron chi connectivity index (χ2n) is 4.62. The zero-order chi connectivity index (χ0) is 13.1. The molecule has 0 unspecified atom stereocenters. The van der Waals surface area contributed by atoms with Gasteiger partial charge in [0.15, 0.2) is 0 Å². The van der Waals surface area contributed by atoms with Crippen LogP contribution in [0.25, 0.3) is 0 Å². The third-order valence-electron chi connectivity index (χ3n) is 2.79. The molecule has 1 heterocycles. The Hall–Kier alpha value is -1.97. The lowest BCUT2D eigenvalue weighted by molar-refractivity contribution is 0.266. The Morgan fingerprint density at radius 3 is 2.56 bits per heavy atom. The number of anilines is 1. The molecule has 0 amide bonds. The molecule has 1 aromatic carbocycles. The van der Waals surface area contributed by atoms with Gasteiger partial charge in [0, 0.05) is 0 Å². The maximum absolute atomic E-state index is 6.00. The molecule has 0 saturated carbocycles. The first-order valence-electron chi connectivity index (χ1n) is 6.11. The third-order valence-corrected chi connectivity index (χ3v) is 2.79. The second-order valence-corrected chi connectivity index (χ2v) is 4.62. The van der Waals surface area contributed by atoms with Gasteiger partial charge < -0.3 is 10.5 Å². The van der Waals surface area contributed by atoms with Crippen molar-refractivity contribution in [3.8, 4) is 5.88 Å². The fourth-order valence-electron chi connectivity index (χ4n) is 1.76. The quantitative estimate of drug-likeness (QED) is 0.901. The van der Waals surface area contributed by atoms with E-state index in [0.717, 1.165) is 11.3 Å². The molecule has 0 spiro atoms. The van der Waals surface area contributed by atoms with Gasteiger partial charge >= 0.3 is 0 Å². The van der Waals surface area contributed by atoms with Crippen molar-refractivity contribution < 1.29 is 4.74 Å². The van der Waals surface area contributed by atoms with E-state index in [1.807, 2.05) is 41.9 Å². The Kier molecular flexibility index (Phi) is 3.55. The van der Waals surface area contributed by atoms with E-state index in [-0.39, 0.29) is 6.04 Å². The van der Waals surface area contributed by atoms with Gasteiger partial charge in [-0.2, -0.15) is 5.10 Å². The number of nitrogens with zero attached hydrogens (tertiary/aromatic N) is 2. The van der Waals surface area contributed by atoms with Crippen LogP contribution in [0.1, 0.15) is 31.1 Å². The van der Waals surface area contributed by atoms with Crippen LogP contribution in [0.15, 0.2) is 30.3 Å². The number of hydrogen-bond acceptors (Lipinski definition) is 3. The van der Waals surface area contributed by atoms with Gasteiger partial charge in [-0.25, -0.2) is 4.68 Å². The molecule has 0 aliphatic carbocycles. The van der Waals surface area contributed by atoms with Gasteiger partial charge in [-0.3, -0.25) is 0 Å². The maximum atomic E-state index is 6.00. The number of nitrogens with two attached hydrogens (primary N) is 1. The molecular weight excluding hydrogens is 226 g/mol. The summed E-state index contributed by atoms with van der Waals surface area (Å²) in [6, 6.07) is 10.3. The Morgan fingerprint density at radius 2 is 1.94 bits per heavy atom. The van der Waals surface area contributed by atoms with Gasteiger partial charge in [0.05, 0.1) is 11.7 Å². The molecule has 0 bridgehead atoms. The summed E-state index contributed by atoms with van der Waals surface area (Å²) >= 11 is 0. The molecule has 0 aliphatic rings. The normalized spacial score (nSPS) is 10.9. The number of nitrogen functional groups attached to an aromatic ring is 1. The number of benzene rings is 1. The largest absolute Gasteiger partial charge is 0.471 e. The predicted molar refractivity (Wildman–Crippen MR) is 72.5 cm³/mol. The predicted octanol–water partition coefficient (Wildman–Crippen LogP) is 2.93. The van der Waals surface area contributed by atoms with E-state index in [0.29, 0.717) is 18.2 Å². The molecule has 96 valence electrons. The van der Waals surface area contributed by atoms with Crippen molar-refractivity contribution in [2.75, 3.05) is 5.73 Å². The Labute approximate surface area is 107 Å². The zero-order valence-electron chi connectivity index (χ0n) is 11.1. The van der Waals surface area contributed by atoms with Crippen LogP contribution < -0.4 is 10.5 Å². The molecular formula is C14H19N3O. The summed E-state index contributed by atoms with van der Waals surface area (Å²) in [5.74, 6) is 0.659. The lowest BCUT2D eigenvalue weighted by Gasteiger charge is -2.12. The van der Waals surface area contributed by atoms with Crippen LogP contribution in [0.4, 0.5) is 5.69 Å². The Morgan fingerprint density at radius 1 is 1.28 bits per heavy atom. The molecule has 2 rings (SSSR count). The smallest absolute Gasteiger partial charge is 0.236 e. The zero-order valence-corrected chi connectivity index (χ0v) is 11.1. The first-order chi connectivity index (χ1) is 8.59. The van der Waals surface area contributed by atoms with Crippen molar-refractivity contribution in [3.63, 3.8) is 0 Å². The summed E-state index contributed by atoms with van der Waals surface area (Å²) in [7, 11) is 0. The summed E-state index contributed by atoms with van der Waals surface area (Å²) in [5.41, 5.74) is 8.55. The second kappa shape index (κ2) is 5.12. The number of rotatable bonds is 4. The molecule has 0 aliphatic heterocycles. The number of aryl methyl sites for hydroxylation is 1. The number of ether oxygens (including phenoxy) is 1. The fraction of sp³-hybridized carbons (Fsp3) is 0.357. The van der Waals surface area contributed by atoms with Crippen LogP contribution >= 0.6 is 0 Å². The monoisotopic (exact) mass is 245 g/mol. The minimum Gasteiger partial charge on any atom is -0.471 e. The van der Waals surface area contributed by atoms with E-state index in [4.69, 9.17) is 10.5 Å². The van der Waals surface area contributed by atoms with Gasteiger partial charge in [0.25, 0.3) is 0 Å². The molecule has 4 nitrogen and oxygen atoms in total. The fourth-order valence-corrected chi connectivity index (χ4v) is 1.76. The van der Waals surface area contributed by atoms with E-state index in [1.165, 1.54) is 0 Å². The van der Waals surface area contributed by atoms with Crippen molar-refractivity contribution in [2.24, 2.45) is 0 Å². The molecule has 0 radical (unpaired) electrons. The average molecular weight is 245 g/mol. The highest BCUT2D eigenvalue weighted by molar-refractivity contribution is 5.52. The standard InChI is InChI=1S/C14H19N3O/c1-10(2)17-14(13(15)11(3)16-17)18-9-12-7-5-4-6-8-12/h4-8,10H,9,15H2,1-3H3. The Balaban J connectivity index is 2.19. The van der Waals surface area contributed by atoms with E-state index < -0.39 is 0 Å². The van der Waals surface area contributed by atoms with E-state index in [2.05, 4.69) is 18.9 Å². The summed E-state index contributed by atoms with van der Waals surface area (Å²) in [6.07, 6.45) is 0. The van der Waals surface area contributed by atoms with Crippen molar-refractivity contribution in [3.05, 3.63) is 41.6 Å². The van der Waals surface area contributed by atoms with Crippen LogP contribution in [-0.4, -0.2) is 9.78 Å². The van der Waals surface area contributed by atoms with Crippen LogP contribution in [0.3, 0.4) is 0 Å². The van der Waals surface area contributed by atoms with Gasteiger partial charge in [0.2, 0.25) is 5.88 Å². The molecule has 18 heavy (non-hydrogen) atoms. The molecule has 1 aromatic heterocycles. The molecule has 0 fully saturated rings. The molecule has 2 aromatic rings. The molecule has 0 atom stereocenters. The van der Waals surface area contributed by atoms with Crippen LogP contribution in [0.2, 0.25) is 0 Å². The first kappa shape index (κ1) is 12.5. The van der Waals surface area contributed by atoms with Crippen LogP contribution in [-0.2, 0) is 6.61 Å². The minimum atomic E-state index is 0.228. The number of aromatic nitrogens is 2. The average Bonchev–Trinajstić information content (AvgIpc) is 2.65. The van der Waals surface area contributed by atoms with Crippen molar-refractivity contribution in [1.82, 2.24) is 9.78 Å². The molecule has 4 heteroatoms. The number of hydrogen-bond donors (Lipinski definition) is 1. The highest BCUT2D eigenvalue weighted by Gasteiger charge is 2.15. The van der Waals surface area contributed by atoms with Crippen LogP contribution in [0.5, 0.6) is 5.88 Å². The highest BCUT2D eigenvalue weighted by atomic mass is 16.5. The van der Waals surface area contributed by atoms with Gasteiger partial charge in [-0.1, -0.05) is 30.3 Å². The van der Waals surface area contributed by atoms with Crippen molar-refractivity contribution >= 4 is 5.69 Å². The summed E-state index contributed by atoms with van der Waals surface area (Å²) < 4.78 is 7.64. The van der Waals surface area contributed by atoms with Gasteiger partial charge in [-0.05, 0) is 26.3 Å². The molecule has 2 N–H and O–H groups in total. The Bertz CT molecular complexity index is 517. The van der Waals surface area contributed by atoms with E-state index in [1.54, 1.807) is 0 Å². The summed E-state index contributed by atoms with van der Waals surface area (Å²) in [5, 5.41) is 4.39. The topological polar surface area (TPSA) is 53.1 Å². The van der Waals surface area contributed by atoms with Gasteiger partial charge in [-0.15, -0.1) is 0 Å². The maximum Gasteiger partial charge on any atom is 0.236 e. The summed E-state index contributed by atoms with van der Waals surface area (Å²) in [4.78, 5) is 0. The van der Waals surface area contributed by atoms with Gasteiger partial charge in [0.1, 0.15) is 12.3 Å². The highest BCUT2D eigenvalue weighted by Crippen LogP contribution is 2.28. The lowest BCUT2D eigenvalue weighted by atomic mass is 10.2. The first-order valence-corrected chi connectivity index (χ1v) is 6.11. The molecule has 0 saturated heterocycles. The third kappa shape index (κ3) is 2.47. The SMILES string of the molecule is Cc1nn(C(C)C)c(OCc2ccccc2)c1N. The minimum absolute atomic E-state index is 0.228. The van der Waals surface area contributed by atoms with Crippen molar-refractivity contribution in [2.45, 2.75) is 33.4 Å². The van der Waals surface area contributed by atoms with Crippen LogP contribution in [0, 0.1) is 6.92 Å².